The maximum absolute atomic E-state index is 5.37. The Morgan fingerprint density at radius 1 is 1.29 bits per heavy atom. The van der Waals surface area contributed by atoms with Crippen molar-refractivity contribution in [1.29, 1.82) is 0 Å². The number of fused-ring (bicyclic) bond motifs is 1. The first-order chi connectivity index (χ1) is 8.43. The van der Waals surface area contributed by atoms with Crippen molar-refractivity contribution >= 4 is 5.69 Å². The van der Waals surface area contributed by atoms with Gasteiger partial charge < -0.3 is 15.4 Å². The maximum atomic E-state index is 5.37. The van der Waals surface area contributed by atoms with Crippen LogP contribution in [0.2, 0.25) is 0 Å². The minimum absolute atomic E-state index is 0.497. The third-order valence-corrected chi connectivity index (χ3v) is 3.18. The van der Waals surface area contributed by atoms with Crippen molar-refractivity contribution in [1.82, 2.24) is 5.32 Å². The van der Waals surface area contributed by atoms with Crippen LogP contribution in [0.4, 0.5) is 5.69 Å². The van der Waals surface area contributed by atoms with Gasteiger partial charge in [-0.05, 0) is 23.6 Å². The van der Waals surface area contributed by atoms with Gasteiger partial charge in [0.05, 0.1) is 12.6 Å². The summed E-state index contributed by atoms with van der Waals surface area (Å²) in [6, 6.07) is 7.00. The highest BCUT2D eigenvalue weighted by molar-refractivity contribution is 5.56. The second-order valence-corrected chi connectivity index (χ2v) is 4.25. The topological polar surface area (TPSA) is 33.3 Å². The fourth-order valence-electron chi connectivity index (χ4n) is 2.33. The smallest absolute Gasteiger partial charge is 0.0668 e. The third-order valence-electron chi connectivity index (χ3n) is 3.18. The number of benzene rings is 1. The number of ether oxygens (including phenoxy) is 1. The highest BCUT2D eigenvalue weighted by Gasteiger charge is 2.19. The van der Waals surface area contributed by atoms with E-state index >= 15 is 0 Å². The second-order valence-electron chi connectivity index (χ2n) is 4.25. The molecule has 1 atom stereocenters. The van der Waals surface area contributed by atoms with Crippen molar-refractivity contribution in [2.24, 2.45) is 0 Å². The van der Waals surface area contributed by atoms with Gasteiger partial charge in [-0.2, -0.15) is 0 Å². The van der Waals surface area contributed by atoms with Gasteiger partial charge >= 0.3 is 0 Å². The molecule has 1 fully saturated rings. The molecule has 3 nitrogen and oxygen atoms in total. The van der Waals surface area contributed by atoms with E-state index in [4.69, 9.17) is 4.74 Å². The predicted octanol–water partition coefficient (Wildman–Crippen LogP) is 2.52. The summed E-state index contributed by atoms with van der Waals surface area (Å²) >= 11 is 0. The number of nitrogens with one attached hydrogen (secondary N) is 2. The molecule has 0 spiro atoms. The molecule has 3 heteroatoms. The molecule has 0 radical (unpaired) electrons. The first-order valence-electron chi connectivity index (χ1n) is 6.59. The Morgan fingerprint density at radius 3 is 2.94 bits per heavy atom. The highest BCUT2D eigenvalue weighted by atomic mass is 16.5. The Balaban J connectivity index is 0.000000514. The van der Waals surface area contributed by atoms with Gasteiger partial charge in [0.25, 0.3) is 0 Å². The van der Waals surface area contributed by atoms with Gasteiger partial charge in [0.15, 0.2) is 0 Å². The van der Waals surface area contributed by atoms with E-state index in [-0.39, 0.29) is 0 Å². The Morgan fingerprint density at radius 2 is 2.18 bits per heavy atom. The van der Waals surface area contributed by atoms with Gasteiger partial charge in [0, 0.05) is 25.4 Å². The summed E-state index contributed by atoms with van der Waals surface area (Å²) in [5.41, 5.74) is 4.15. The Kier molecular flexibility index (Phi) is 4.40. The average molecular weight is 234 g/mol. The van der Waals surface area contributed by atoms with Crippen LogP contribution in [-0.2, 0) is 17.8 Å². The van der Waals surface area contributed by atoms with Crippen LogP contribution in [0.15, 0.2) is 18.2 Å². The van der Waals surface area contributed by atoms with Crippen molar-refractivity contribution < 1.29 is 4.74 Å². The molecule has 1 unspecified atom stereocenters. The van der Waals surface area contributed by atoms with Crippen LogP contribution < -0.4 is 10.6 Å². The van der Waals surface area contributed by atoms with Crippen LogP contribution in [0.5, 0.6) is 0 Å². The van der Waals surface area contributed by atoms with Crippen LogP contribution in [-0.4, -0.2) is 19.3 Å². The molecule has 0 bridgehead atoms. The van der Waals surface area contributed by atoms with E-state index in [0.29, 0.717) is 6.04 Å². The first kappa shape index (κ1) is 12.4. The van der Waals surface area contributed by atoms with Crippen LogP contribution in [0.1, 0.15) is 31.4 Å². The van der Waals surface area contributed by atoms with E-state index in [1.54, 1.807) is 0 Å². The molecule has 3 rings (SSSR count). The molecule has 94 valence electrons. The van der Waals surface area contributed by atoms with E-state index < -0.39 is 0 Å². The SMILES string of the molecule is CC.c1cc2c(c(NC3CCOC3)c1)CNC2. The molecule has 2 heterocycles. The van der Waals surface area contributed by atoms with Crippen LogP contribution in [0.3, 0.4) is 0 Å². The molecule has 0 saturated carbocycles. The van der Waals surface area contributed by atoms with Gasteiger partial charge in [0.2, 0.25) is 0 Å². The largest absolute Gasteiger partial charge is 0.380 e. The zero-order chi connectivity index (χ0) is 12.1. The summed E-state index contributed by atoms with van der Waals surface area (Å²) in [5, 5.41) is 6.96. The van der Waals surface area contributed by atoms with Crippen LogP contribution in [0.25, 0.3) is 0 Å². The van der Waals surface area contributed by atoms with Crippen molar-refractivity contribution in [3.8, 4) is 0 Å². The maximum Gasteiger partial charge on any atom is 0.0668 e. The molecule has 1 saturated heterocycles. The van der Waals surface area contributed by atoms with Gasteiger partial charge in [-0.15, -0.1) is 0 Å². The molecule has 0 aliphatic carbocycles. The minimum Gasteiger partial charge on any atom is -0.380 e. The molecule has 2 aliphatic rings. The van der Waals surface area contributed by atoms with Gasteiger partial charge in [-0.25, -0.2) is 0 Å². The normalized spacial score (nSPS) is 21.6. The molecule has 17 heavy (non-hydrogen) atoms. The molecule has 0 aromatic heterocycles. The lowest BCUT2D eigenvalue weighted by Crippen LogP contribution is -2.19. The first-order valence-corrected chi connectivity index (χ1v) is 6.59. The van der Waals surface area contributed by atoms with E-state index in [2.05, 4.69) is 28.8 Å². The Bertz CT molecular complexity index is 359. The van der Waals surface area contributed by atoms with Gasteiger partial charge in [0.1, 0.15) is 0 Å². The molecule has 1 aromatic carbocycles. The molecule has 0 amide bonds. The van der Waals surface area contributed by atoms with Gasteiger partial charge in [-0.3, -0.25) is 0 Å². The van der Waals surface area contributed by atoms with Crippen molar-refractivity contribution in [3.63, 3.8) is 0 Å². The Labute approximate surface area is 104 Å². The van der Waals surface area contributed by atoms with Crippen LogP contribution in [0, 0.1) is 0 Å². The standard InChI is InChI=1S/C12H16N2O.C2H6/c1-2-9-6-13-7-11(9)12(3-1)14-10-4-5-15-8-10;1-2/h1-3,10,13-14H,4-8H2;1-2H3. The van der Waals surface area contributed by atoms with Crippen molar-refractivity contribution in [2.45, 2.75) is 39.4 Å². The van der Waals surface area contributed by atoms with E-state index in [0.717, 1.165) is 32.7 Å². The monoisotopic (exact) mass is 234 g/mol. The van der Waals surface area contributed by atoms with Crippen LogP contribution >= 0.6 is 0 Å². The van der Waals surface area contributed by atoms with Gasteiger partial charge in [-0.1, -0.05) is 26.0 Å². The minimum atomic E-state index is 0.497. The summed E-state index contributed by atoms with van der Waals surface area (Å²) in [6.45, 7) is 7.74. The summed E-state index contributed by atoms with van der Waals surface area (Å²) < 4.78 is 5.37. The van der Waals surface area contributed by atoms with Crippen molar-refractivity contribution in [3.05, 3.63) is 29.3 Å². The summed E-state index contributed by atoms with van der Waals surface area (Å²) in [6.07, 6.45) is 1.12. The third kappa shape index (κ3) is 2.79. The lowest BCUT2D eigenvalue weighted by molar-refractivity contribution is 0.195. The lowest BCUT2D eigenvalue weighted by Gasteiger charge is -2.15. The van der Waals surface area contributed by atoms with E-state index in [1.165, 1.54) is 16.8 Å². The predicted molar refractivity (Wildman–Crippen MR) is 71.2 cm³/mol. The number of rotatable bonds is 2. The van der Waals surface area contributed by atoms with Crippen molar-refractivity contribution in [2.75, 3.05) is 18.5 Å². The zero-order valence-electron chi connectivity index (χ0n) is 10.8. The van der Waals surface area contributed by atoms with E-state index in [9.17, 15) is 0 Å². The fourth-order valence-corrected chi connectivity index (χ4v) is 2.33. The molecular formula is C14H22N2O. The van der Waals surface area contributed by atoms with E-state index in [1.807, 2.05) is 13.8 Å². The highest BCUT2D eigenvalue weighted by Crippen LogP contribution is 2.25. The fraction of sp³-hybridized carbons (Fsp3) is 0.571. The number of anilines is 1. The average Bonchev–Trinajstić information content (AvgIpc) is 3.02. The molecular weight excluding hydrogens is 212 g/mol. The summed E-state index contributed by atoms with van der Waals surface area (Å²) in [4.78, 5) is 0. The Hall–Kier alpha value is -1.06. The molecule has 2 aliphatic heterocycles. The second kappa shape index (κ2) is 6.03. The number of hydrogen-bond acceptors (Lipinski definition) is 3. The molecule has 1 aromatic rings. The summed E-state index contributed by atoms with van der Waals surface area (Å²) in [5.74, 6) is 0. The quantitative estimate of drug-likeness (QED) is 0.825. The zero-order valence-corrected chi connectivity index (χ0v) is 10.8. The number of hydrogen-bond donors (Lipinski definition) is 2. The molecule has 2 N–H and O–H groups in total. The lowest BCUT2D eigenvalue weighted by atomic mass is 10.1. The summed E-state index contributed by atoms with van der Waals surface area (Å²) in [7, 11) is 0.